The van der Waals surface area contributed by atoms with Gasteiger partial charge in [-0.15, -0.1) is 0 Å². The predicted octanol–water partition coefficient (Wildman–Crippen LogP) is 9.21. The lowest BCUT2D eigenvalue weighted by molar-refractivity contribution is -0.137. The van der Waals surface area contributed by atoms with E-state index in [-0.39, 0.29) is 6.15 Å². The van der Waals surface area contributed by atoms with Gasteiger partial charge in [0.25, 0.3) is 0 Å². The van der Waals surface area contributed by atoms with Crippen molar-refractivity contribution in [3.63, 3.8) is 0 Å². The maximum atomic E-state index is 10.2. The van der Waals surface area contributed by atoms with E-state index in [4.69, 9.17) is 22.6 Å². The molecular weight excluding hydrogens is 454 g/mol. The lowest BCUT2D eigenvalue weighted by Crippen LogP contribution is -1.93. The van der Waals surface area contributed by atoms with Gasteiger partial charge in [-0.25, -0.2) is 0 Å². The molecule has 0 aromatic rings. The van der Waals surface area contributed by atoms with Crippen LogP contribution in [0.5, 0.6) is 0 Å². The molecule has 0 unspecified atom stereocenters. The Kier molecular flexibility index (Phi) is 41.0. The van der Waals surface area contributed by atoms with Gasteiger partial charge in [0.2, 0.25) is 0 Å². The van der Waals surface area contributed by atoms with Crippen molar-refractivity contribution in [1.29, 1.82) is 0 Å². The highest BCUT2D eigenvalue weighted by Crippen LogP contribution is 2.12. The van der Waals surface area contributed by atoms with Gasteiger partial charge in [0, 0.05) is 6.42 Å². The van der Waals surface area contributed by atoms with E-state index < -0.39 is 16.4 Å². The SMILES string of the molecule is CCCCCCCCCCCC(=O)O.CCCCCCCCCCCCCC.N.O=S(=O)(O)O. The number of hydrogen-bond acceptors (Lipinski definition) is 4. The summed E-state index contributed by atoms with van der Waals surface area (Å²) in [6, 6.07) is 0. The summed E-state index contributed by atoms with van der Waals surface area (Å²) < 4.78 is 31.6. The molecule has 0 saturated heterocycles. The number of carboxylic acid groups (broad SMARTS) is 1. The molecule has 0 amide bonds. The van der Waals surface area contributed by atoms with E-state index in [1.165, 1.54) is 122 Å². The summed E-state index contributed by atoms with van der Waals surface area (Å²) >= 11 is 0. The molecule has 7 nitrogen and oxygen atoms in total. The molecule has 0 radical (unpaired) electrons. The molecule has 0 aliphatic carbocycles. The second kappa shape index (κ2) is 34.5. The highest BCUT2D eigenvalue weighted by Gasteiger charge is 1.96. The van der Waals surface area contributed by atoms with Gasteiger partial charge in [0.1, 0.15) is 0 Å². The molecule has 0 aromatic heterocycles. The minimum Gasteiger partial charge on any atom is -0.481 e. The zero-order chi connectivity index (χ0) is 25.6. The fourth-order valence-corrected chi connectivity index (χ4v) is 3.50. The van der Waals surface area contributed by atoms with Crippen molar-refractivity contribution in [2.45, 2.75) is 162 Å². The first kappa shape index (κ1) is 40.5. The molecule has 0 atom stereocenters. The summed E-state index contributed by atoms with van der Waals surface area (Å²) in [6.07, 6.45) is 28.9. The van der Waals surface area contributed by atoms with Gasteiger partial charge in [0.05, 0.1) is 0 Å². The van der Waals surface area contributed by atoms with Crippen molar-refractivity contribution in [1.82, 2.24) is 6.15 Å². The van der Waals surface area contributed by atoms with Crippen LogP contribution in [0.2, 0.25) is 0 Å². The minimum atomic E-state index is -4.67. The number of aliphatic carboxylic acids is 1. The van der Waals surface area contributed by atoms with E-state index >= 15 is 0 Å². The monoisotopic (exact) mass is 513 g/mol. The number of hydrogen-bond donors (Lipinski definition) is 4. The number of unbranched alkanes of at least 4 members (excludes halogenated alkanes) is 19. The highest BCUT2D eigenvalue weighted by molar-refractivity contribution is 7.79. The third-order valence-electron chi connectivity index (χ3n) is 5.45. The first-order valence-corrected chi connectivity index (χ1v) is 15.0. The molecule has 0 fully saturated rings. The second-order valence-corrected chi connectivity index (χ2v) is 9.85. The molecule has 0 heterocycles. The minimum absolute atomic E-state index is 0. The van der Waals surface area contributed by atoms with Crippen LogP contribution in [0, 0.1) is 0 Å². The standard InChI is InChI=1S/C14H30.C12H24O2.H3N.H2O4S/c1-3-5-7-9-11-13-14-12-10-8-6-4-2;1-2-3-4-5-6-7-8-9-10-11-12(13)14;;1-5(2,3)4/h3-14H2,1-2H3;2-11H2,1H3,(H,13,14);1H3;(H2,1,2,3,4). The van der Waals surface area contributed by atoms with Crippen molar-refractivity contribution >= 4 is 16.4 Å². The van der Waals surface area contributed by atoms with Crippen molar-refractivity contribution in [2.75, 3.05) is 0 Å². The molecule has 0 aliphatic rings. The summed E-state index contributed by atoms with van der Waals surface area (Å²) in [5.41, 5.74) is 0. The van der Waals surface area contributed by atoms with Gasteiger partial charge in [-0.2, -0.15) is 8.42 Å². The fraction of sp³-hybridized carbons (Fsp3) is 0.962. The maximum Gasteiger partial charge on any atom is 0.394 e. The molecule has 0 spiro atoms. The van der Waals surface area contributed by atoms with Crippen LogP contribution in [0.4, 0.5) is 0 Å². The van der Waals surface area contributed by atoms with E-state index in [1.54, 1.807) is 0 Å². The normalized spacial score (nSPS) is 10.4. The van der Waals surface area contributed by atoms with Crippen LogP contribution < -0.4 is 6.15 Å². The number of rotatable bonds is 21. The van der Waals surface area contributed by atoms with Crippen molar-refractivity contribution < 1.29 is 27.4 Å². The summed E-state index contributed by atoms with van der Waals surface area (Å²) in [4.78, 5) is 10.2. The highest BCUT2D eigenvalue weighted by atomic mass is 32.3. The van der Waals surface area contributed by atoms with Crippen molar-refractivity contribution in [3.05, 3.63) is 0 Å². The Morgan fingerprint density at radius 1 is 0.500 bits per heavy atom. The van der Waals surface area contributed by atoms with Gasteiger partial charge in [0.15, 0.2) is 0 Å². The first-order valence-electron chi connectivity index (χ1n) is 13.6. The van der Waals surface area contributed by atoms with E-state index in [0.29, 0.717) is 6.42 Å². The predicted molar refractivity (Wildman–Crippen MR) is 145 cm³/mol. The first-order chi connectivity index (χ1) is 15.7. The third-order valence-corrected chi connectivity index (χ3v) is 5.45. The smallest absolute Gasteiger partial charge is 0.394 e. The van der Waals surface area contributed by atoms with Crippen LogP contribution in [0.3, 0.4) is 0 Å². The van der Waals surface area contributed by atoms with Crippen LogP contribution in [0.15, 0.2) is 0 Å². The second-order valence-electron chi connectivity index (χ2n) is 8.96. The Labute approximate surface area is 212 Å². The van der Waals surface area contributed by atoms with E-state index in [1.807, 2.05) is 0 Å². The molecule has 210 valence electrons. The van der Waals surface area contributed by atoms with Gasteiger partial charge in [-0.05, 0) is 6.42 Å². The summed E-state index contributed by atoms with van der Waals surface area (Å²) in [7, 11) is -4.67. The van der Waals surface area contributed by atoms with Crippen molar-refractivity contribution in [2.24, 2.45) is 0 Å². The van der Waals surface area contributed by atoms with Crippen LogP contribution in [0.1, 0.15) is 162 Å². The molecule has 0 bridgehead atoms. The number of carboxylic acids is 1. The van der Waals surface area contributed by atoms with Crippen LogP contribution in [-0.2, 0) is 15.2 Å². The van der Waals surface area contributed by atoms with Crippen LogP contribution >= 0.6 is 0 Å². The van der Waals surface area contributed by atoms with Gasteiger partial charge >= 0.3 is 16.4 Å². The molecule has 0 saturated carbocycles. The van der Waals surface area contributed by atoms with Crippen LogP contribution in [0.25, 0.3) is 0 Å². The average Bonchev–Trinajstić information content (AvgIpc) is 2.73. The largest absolute Gasteiger partial charge is 0.481 e. The maximum absolute atomic E-state index is 10.2. The third kappa shape index (κ3) is 63.3. The Morgan fingerprint density at radius 3 is 0.853 bits per heavy atom. The number of carbonyl (C=O) groups is 1. The zero-order valence-corrected chi connectivity index (χ0v) is 23.6. The molecule has 0 rings (SSSR count). The molecule has 0 aromatic carbocycles. The Balaban J connectivity index is -0.000000216. The Bertz CT molecular complexity index is 452. The Morgan fingerprint density at radius 2 is 0.676 bits per heavy atom. The topological polar surface area (TPSA) is 147 Å². The van der Waals surface area contributed by atoms with Gasteiger partial charge in [-0.3, -0.25) is 13.9 Å². The Hall–Kier alpha value is -0.700. The summed E-state index contributed by atoms with van der Waals surface area (Å²) in [5, 5.41) is 8.41. The van der Waals surface area contributed by atoms with Crippen LogP contribution in [-0.4, -0.2) is 28.6 Å². The summed E-state index contributed by atoms with van der Waals surface area (Å²) in [5.74, 6) is -0.659. The molecule has 34 heavy (non-hydrogen) atoms. The van der Waals surface area contributed by atoms with Crippen molar-refractivity contribution in [3.8, 4) is 0 Å². The summed E-state index contributed by atoms with van der Waals surface area (Å²) in [6.45, 7) is 6.80. The van der Waals surface area contributed by atoms with E-state index in [2.05, 4.69) is 20.8 Å². The lowest BCUT2D eigenvalue weighted by atomic mass is 10.1. The fourth-order valence-electron chi connectivity index (χ4n) is 3.50. The van der Waals surface area contributed by atoms with Gasteiger partial charge < -0.3 is 11.3 Å². The molecular formula is C26H59NO6S. The quantitative estimate of drug-likeness (QED) is 0.0882. The van der Waals surface area contributed by atoms with E-state index in [9.17, 15) is 4.79 Å². The zero-order valence-electron chi connectivity index (χ0n) is 22.7. The average molecular weight is 514 g/mol. The van der Waals surface area contributed by atoms with E-state index in [0.717, 1.165) is 12.8 Å². The molecule has 6 N–H and O–H groups in total. The lowest BCUT2D eigenvalue weighted by Gasteiger charge is -2.01. The van der Waals surface area contributed by atoms with Gasteiger partial charge in [-0.1, -0.05) is 149 Å². The molecule has 0 aliphatic heterocycles. The molecule has 8 heteroatoms.